The third-order valence-electron chi connectivity index (χ3n) is 3.33. The predicted molar refractivity (Wildman–Crippen MR) is 56.3 cm³/mol. The molecule has 0 aromatic carbocycles. The van der Waals surface area contributed by atoms with Crippen LogP contribution in [-0.2, 0) is 4.79 Å². The zero-order valence-electron chi connectivity index (χ0n) is 9.20. The molecule has 1 aliphatic rings. The summed E-state index contributed by atoms with van der Waals surface area (Å²) in [7, 11) is 0. The van der Waals surface area contributed by atoms with E-state index in [4.69, 9.17) is 5.26 Å². The standard InChI is InChI=1S/C11H18N2O2/c1-2-11(10(14)15)5-8-13(9-11)7-4-3-6-12/h2-5,7-9H2,1H3,(H,14,15). The second-order valence-electron chi connectivity index (χ2n) is 4.23. The van der Waals surface area contributed by atoms with Gasteiger partial charge in [0.1, 0.15) is 0 Å². The minimum atomic E-state index is -0.673. The molecule has 4 heteroatoms. The van der Waals surface area contributed by atoms with Crippen molar-refractivity contribution in [1.29, 1.82) is 5.26 Å². The van der Waals surface area contributed by atoms with Gasteiger partial charge in [0.15, 0.2) is 0 Å². The van der Waals surface area contributed by atoms with Crippen molar-refractivity contribution in [3.05, 3.63) is 0 Å². The van der Waals surface area contributed by atoms with E-state index in [1.54, 1.807) is 0 Å². The van der Waals surface area contributed by atoms with Gasteiger partial charge in [0.2, 0.25) is 0 Å². The number of likely N-dealkylation sites (tertiary alicyclic amines) is 1. The number of nitriles is 1. The molecule has 15 heavy (non-hydrogen) atoms. The third kappa shape index (κ3) is 2.69. The van der Waals surface area contributed by atoms with Crippen molar-refractivity contribution in [1.82, 2.24) is 4.90 Å². The molecule has 1 rings (SSSR count). The van der Waals surface area contributed by atoms with E-state index in [1.165, 1.54) is 0 Å². The van der Waals surface area contributed by atoms with E-state index in [2.05, 4.69) is 11.0 Å². The molecule has 1 aliphatic heterocycles. The molecule has 1 fully saturated rings. The Balaban J connectivity index is 2.43. The molecule has 1 atom stereocenters. The zero-order chi connectivity index (χ0) is 11.3. The molecule has 84 valence electrons. The van der Waals surface area contributed by atoms with Crippen LogP contribution in [0.5, 0.6) is 0 Å². The Hall–Kier alpha value is -1.08. The summed E-state index contributed by atoms with van der Waals surface area (Å²) in [4.78, 5) is 13.3. The largest absolute Gasteiger partial charge is 0.481 e. The first-order valence-electron chi connectivity index (χ1n) is 5.47. The van der Waals surface area contributed by atoms with Gasteiger partial charge in [0, 0.05) is 13.0 Å². The highest BCUT2D eigenvalue weighted by atomic mass is 16.4. The lowest BCUT2D eigenvalue weighted by Crippen LogP contribution is -2.34. The summed E-state index contributed by atoms with van der Waals surface area (Å²) in [6.45, 7) is 4.28. The minimum absolute atomic E-state index is 0.535. The molecule has 0 aliphatic carbocycles. The van der Waals surface area contributed by atoms with Crippen LogP contribution in [0.15, 0.2) is 0 Å². The highest BCUT2D eigenvalue weighted by molar-refractivity contribution is 5.75. The Morgan fingerprint density at radius 3 is 2.87 bits per heavy atom. The third-order valence-corrected chi connectivity index (χ3v) is 3.33. The van der Waals surface area contributed by atoms with Crippen LogP contribution in [0.1, 0.15) is 32.6 Å². The maximum absolute atomic E-state index is 11.2. The number of carbonyl (C=O) groups is 1. The highest BCUT2D eigenvalue weighted by Gasteiger charge is 2.42. The summed E-state index contributed by atoms with van der Waals surface area (Å²) in [5, 5.41) is 17.6. The molecule has 1 N–H and O–H groups in total. The molecule has 0 bridgehead atoms. The van der Waals surface area contributed by atoms with E-state index in [9.17, 15) is 9.90 Å². The van der Waals surface area contributed by atoms with Crippen LogP contribution in [0.25, 0.3) is 0 Å². The zero-order valence-corrected chi connectivity index (χ0v) is 9.20. The van der Waals surface area contributed by atoms with Crippen LogP contribution >= 0.6 is 0 Å². The molecular formula is C11H18N2O2. The lowest BCUT2D eigenvalue weighted by atomic mass is 9.84. The van der Waals surface area contributed by atoms with Crippen molar-refractivity contribution in [2.75, 3.05) is 19.6 Å². The van der Waals surface area contributed by atoms with Crippen LogP contribution < -0.4 is 0 Å². The molecule has 1 unspecified atom stereocenters. The summed E-state index contributed by atoms with van der Waals surface area (Å²) in [5.41, 5.74) is -0.535. The molecule has 0 radical (unpaired) electrons. The lowest BCUT2D eigenvalue weighted by Gasteiger charge is -2.22. The van der Waals surface area contributed by atoms with E-state index in [0.717, 1.165) is 25.9 Å². The number of carboxylic acid groups (broad SMARTS) is 1. The van der Waals surface area contributed by atoms with Crippen LogP contribution in [0.3, 0.4) is 0 Å². The smallest absolute Gasteiger partial charge is 0.310 e. The molecule has 0 spiro atoms. The fraction of sp³-hybridized carbons (Fsp3) is 0.818. The van der Waals surface area contributed by atoms with E-state index in [0.29, 0.717) is 19.4 Å². The van der Waals surface area contributed by atoms with E-state index in [-0.39, 0.29) is 0 Å². The first kappa shape index (κ1) is 12.0. The number of hydrogen-bond acceptors (Lipinski definition) is 3. The maximum Gasteiger partial charge on any atom is 0.310 e. The molecule has 0 saturated carbocycles. The minimum Gasteiger partial charge on any atom is -0.481 e. The van der Waals surface area contributed by atoms with Gasteiger partial charge in [-0.15, -0.1) is 0 Å². The number of hydrogen-bond donors (Lipinski definition) is 1. The average molecular weight is 210 g/mol. The SMILES string of the molecule is CCC1(C(=O)O)CCN(CCCC#N)C1. The van der Waals surface area contributed by atoms with E-state index in [1.807, 2.05) is 6.92 Å². The molecule has 0 aromatic heterocycles. The van der Waals surface area contributed by atoms with Gasteiger partial charge in [-0.25, -0.2) is 0 Å². The van der Waals surface area contributed by atoms with Gasteiger partial charge >= 0.3 is 5.97 Å². The van der Waals surface area contributed by atoms with Crippen LogP contribution in [0.2, 0.25) is 0 Å². The number of carboxylic acids is 1. The maximum atomic E-state index is 11.2. The Labute approximate surface area is 90.5 Å². The van der Waals surface area contributed by atoms with Crippen LogP contribution in [0.4, 0.5) is 0 Å². The Morgan fingerprint density at radius 1 is 1.67 bits per heavy atom. The summed E-state index contributed by atoms with van der Waals surface area (Å²) < 4.78 is 0. The topological polar surface area (TPSA) is 64.3 Å². The molecule has 1 heterocycles. The van der Waals surface area contributed by atoms with Crippen molar-refractivity contribution in [2.45, 2.75) is 32.6 Å². The summed E-state index contributed by atoms with van der Waals surface area (Å²) >= 11 is 0. The van der Waals surface area contributed by atoms with Crippen molar-refractivity contribution in [3.8, 4) is 6.07 Å². The van der Waals surface area contributed by atoms with Crippen LogP contribution in [0, 0.1) is 16.7 Å². The van der Waals surface area contributed by atoms with E-state index < -0.39 is 11.4 Å². The van der Waals surface area contributed by atoms with Crippen molar-refractivity contribution < 1.29 is 9.90 Å². The first-order chi connectivity index (χ1) is 7.14. The number of aliphatic carboxylic acids is 1. The van der Waals surface area contributed by atoms with Crippen molar-refractivity contribution in [2.24, 2.45) is 5.41 Å². The Kier molecular flexibility index (Phi) is 4.10. The molecule has 1 saturated heterocycles. The van der Waals surface area contributed by atoms with Gasteiger partial charge in [-0.2, -0.15) is 5.26 Å². The fourth-order valence-electron chi connectivity index (χ4n) is 2.15. The van der Waals surface area contributed by atoms with E-state index >= 15 is 0 Å². The van der Waals surface area contributed by atoms with Crippen molar-refractivity contribution >= 4 is 5.97 Å². The van der Waals surface area contributed by atoms with Gasteiger partial charge in [-0.3, -0.25) is 4.79 Å². The second kappa shape index (κ2) is 5.13. The molecule has 0 aromatic rings. The monoisotopic (exact) mass is 210 g/mol. The number of rotatable bonds is 5. The van der Waals surface area contributed by atoms with Crippen LogP contribution in [-0.4, -0.2) is 35.6 Å². The second-order valence-corrected chi connectivity index (χ2v) is 4.23. The summed E-state index contributed by atoms with van der Waals surface area (Å²) in [6, 6.07) is 2.11. The number of unbranched alkanes of at least 4 members (excludes halogenated alkanes) is 1. The van der Waals surface area contributed by atoms with Gasteiger partial charge < -0.3 is 10.0 Å². The predicted octanol–water partition coefficient (Wildman–Crippen LogP) is 1.48. The Morgan fingerprint density at radius 2 is 2.40 bits per heavy atom. The average Bonchev–Trinajstić information content (AvgIpc) is 2.63. The number of nitrogens with zero attached hydrogens (tertiary/aromatic N) is 2. The van der Waals surface area contributed by atoms with Gasteiger partial charge in [-0.05, 0) is 32.4 Å². The molecule has 4 nitrogen and oxygen atoms in total. The summed E-state index contributed by atoms with van der Waals surface area (Å²) in [6.07, 6.45) is 2.83. The van der Waals surface area contributed by atoms with Gasteiger partial charge in [0.05, 0.1) is 11.5 Å². The first-order valence-corrected chi connectivity index (χ1v) is 5.47. The normalized spacial score (nSPS) is 26.4. The molecular weight excluding hydrogens is 192 g/mol. The van der Waals surface area contributed by atoms with Gasteiger partial charge in [-0.1, -0.05) is 6.92 Å². The molecule has 0 amide bonds. The summed E-state index contributed by atoms with van der Waals surface area (Å²) in [5.74, 6) is -0.673. The quantitative estimate of drug-likeness (QED) is 0.698. The highest BCUT2D eigenvalue weighted by Crippen LogP contribution is 2.34. The fourth-order valence-corrected chi connectivity index (χ4v) is 2.15. The Bertz CT molecular complexity index is 272. The lowest BCUT2D eigenvalue weighted by molar-refractivity contribution is -0.148. The van der Waals surface area contributed by atoms with Crippen molar-refractivity contribution in [3.63, 3.8) is 0 Å². The van der Waals surface area contributed by atoms with Gasteiger partial charge in [0.25, 0.3) is 0 Å².